The molecule has 0 amide bonds. The second-order valence-corrected chi connectivity index (χ2v) is 4.43. The van der Waals surface area contributed by atoms with E-state index < -0.39 is 10.9 Å². The van der Waals surface area contributed by atoms with Gasteiger partial charge >= 0.3 is 5.97 Å². The number of carboxylic acid groups (broad SMARTS) is 1. The number of hydrogen-bond donors (Lipinski definition) is 1. The first-order valence-corrected chi connectivity index (χ1v) is 6.21. The Balaban J connectivity index is 1.93. The van der Waals surface area contributed by atoms with Crippen molar-refractivity contribution in [3.8, 4) is 5.75 Å². The van der Waals surface area contributed by atoms with Crippen LogP contribution in [0, 0.1) is 10.1 Å². The molecule has 108 valence electrons. The number of nitro groups is 1. The zero-order valence-electron chi connectivity index (χ0n) is 11.1. The third-order valence-corrected chi connectivity index (χ3v) is 2.83. The lowest BCUT2D eigenvalue weighted by molar-refractivity contribution is -0.384. The normalized spacial score (nSPS) is 10.1. The third-order valence-electron chi connectivity index (χ3n) is 2.83. The summed E-state index contributed by atoms with van der Waals surface area (Å²) in [4.78, 5) is 20.6. The van der Waals surface area contributed by atoms with Crippen LogP contribution < -0.4 is 4.74 Å². The fraction of sp³-hybridized carbons (Fsp3) is 0.133. The van der Waals surface area contributed by atoms with Crippen LogP contribution >= 0.6 is 0 Å². The van der Waals surface area contributed by atoms with Crippen LogP contribution in [0.4, 0.5) is 5.69 Å². The highest BCUT2D eigenvalue weighted by Crippen LogP contribution is 2.18. The zero-order chi connectivity index (χ0) is 15.2. The summed E-state index contributed by atoms with van der Waals surface area (Å²) >= 11 is 0. The topological polar surface area (TPSA) is 89.7 Å². The molecule has 0 fully saturated rings. The Labute approximate surface area is 120 Å². The molecule has 1 N–H and O–H groups in total. The number of hydrogen-bond acceptors (Lipinski definition) is 4. The van der Waals surface area contributed by atoms with E-state index >= 15 is 0 Å². The highest BCUT2D eigenvalue weighted by atomic mass is 16.6. The third kappa shape index (κ3) is 4.31. The average molecular weight is 287 g/mol. The van der Waals surface area contributed by atoms with E-state index in [1.54, 1.807) is 24.3 Å². The van der Waals surface area contributed by atoms with Crippen molar-refractivity contribution in [1.82, 2.24) is 0 Å². The van der Waals surface area contributed by atoms with E-state index in [4.69, 9.17) is 9.84 Å². The Morgan fingerprint density at radius 1 is 1.05 bits per heavy atom. The molecule has 0 saturated heterocycles. The van der Waals surface area contributed by atoms with Gasteiger partial charge in [0.2, 0.25) is 0 Å². The van der Waals surface area contributed by atoms with Crippen LogP contribution in [0.3, 0.4) is 0 Å². The molecule has 6 heteroatoms. The van der Waals surface area contributed by atoms with Crippen LogP contribution in [-0.4, -0.2) is 16.0 Å². The van der Waals surface area contributed by atoms with E-state index in [2.05, 4.69) is 0 Å². The molecule has 2 aromatic carbocycles. The van der Waals surface area contributed by atoms with Crippen molar-refractivity contribution in [3.63, 3.8) is 0 Å². The molecular formula is C15H13NO5. The van der Waals surface area contributed by atoms with Crippen LogP contribution in [0.1, 0.15) is 11.1 Å². The van der Waals surface area contributed by atoms with Crippen molar-refractivity contribution >= 4 is 11.7 Å². The summed E-state index contributed by atoms with van der Waals surface area (Å²) in [5.74, 6) is -0.333. The summed E-state index contributed by atoms with van der Waals surface area (Å²) in [6.45, 7) is 0.311. The number of benzene rings is 2. The van der Waals surface area contributed by atoms with E-state index in [0.717, 1.165) is 11.1 Å². The maximum Gasteiger partial charge on any atom is 0.307 e. The molecule has 6 nitrogen and oxygen atoms in total. The van der Waals surface area contributed by atoms with Gasteiger partial charge in [0.1, 0.15) is 12.4 Å². The van der Waals surface area contributed by atoms with Crippen LogP contribution in [-0.2, 0) is 17.8 Å². The number of ether oxygens (including phenoxy) is 1. The van der Waals surface area contributed by atoms with Gasteiger partial charge in [-0.25, -0.2) is 0 Å². The molecule has 0 aromatic heterocycles. The minimum atomic E-state index is -0.870. The Hall–Kier alpha value is -2.89. The summed E-state index contributed by atoms with van der Waals surface area (Å²) < 4.78 is 5.51. The number of carbonyl (C=O) groups is 1. The van der Waals surface area contributed by atoms with Crippen LogP contribution in [0.15, 0.2) is 48.5 Å². The van der Waals surface area contributed by atoms with Gasteiger partial charge in [0.25, 0.3) is 5.69 Å². The molecule has 0 aliphatic rings. The molecule has 0 heterocycles. The number of carboxylic acids is 1. The molecule has 0 bridgehead atoms. The number of nitro benzene ring substituents is 1. The summed E-state index contributed by atoms with van der Waals surface area (Å²) in [6.07, 6.45) is -0.0104. The lowest BCUT2D eigenvalue weighted by atomic mass is 10.1. The van der Waals surface area contributed by atoms with Crippen LogP contribution in [0.25, 0.3) is 0 Å². The molecule has 2 rings (SSSR count). The van der Waals surface area contributed by atoms with Gasteiger partial charge in [0.05, 0.1) is 11.3 Å². The lowest BCUT2D eigenvalue weighted by Crippen LogP contribution is -2.00. The predicted octanol–water partition coefficient (Wildman–Crippen LogP) is 2.80. The van der Waals surface area contributed by atoms with Crippen LogP contribution in [0.2, 0.25) is 0 Å². The van der Waals surface area contributed by atoms with Crippen molar-refractivity contribution in [2.45, 2.75) is 13.0 Å². The highest BCUT2D eigenvalue weighted by molar-refractivity contribution is 5.70. The molecule has 2 aromatic rings. The second kappa shape index (κ2) is 6.51. The molecular weight excluding hydrogens is 274 g/mol. The monoisotopic (exact) mass is 287 g/mol. The van der Waals surface area contributed by atoms with Gasteiger partial charge in [0, 0.05) is 12.1 Å². The minimum absolute atomic E-state index is 0.0104. The first kappa shape index (κ1) is 14.5. The minimum Gasteiger partial charge on any atom is -0.489 e. The summed E-state index contributed by atoms with van der Waals surface area (Å²) in [7, 11) is 0. The van der Waals surface area contributed by atoms with Gasteiger partial charge in [-0.3, -0.25) is 14.9 Å². The predicted molar refractivity (Wildman–Crippen MR) is 75.2 cm³/mol. The van der Waals surface area contributed by atoms with Gasteiger partial charge in [-0.2, -0.15) is 0 Å². The SMILES string of the molecule is O=C(O)Cc1ccc(COc2ccc([N+](=O)[O-])cc2)cc1. The van der Waals surface area contributed by atoms with Gasteiger partial charge in [-0.05, 0) is 23.3 Å². The largest absolute Gasteiger partial charge is 0.489 e. The molecule has 0 radical (unpaired) electrons. The summed E-state index contributed by atoms with van der Waals surface area (Å²) in [5, 5.41) is 19.2. The average Bonchev–Trinajstić information content (AvgIpc) is 2.46. The molecule has 0 atom stereocenters. The lowest BCUT2D eigenvalue weighted by Gasteiger charge is -2.06. The molecule has 0 unspecified atom stereocenters. The van der Waals surface area contributed by atoms with E-state index in [1.807, 2.05) is 0 Å². The first-order chi connectivity index (χ1) is 10.0. The van der Waals surface area contributed by atoms with Crippen molar-refractivity contribution < 1.29 is 19.6 Å². The zero-order valence-corrected chi connectivity index (χ0v) is 11.1. The number of nitrogens with zero attached hydrogens (tertiary/aromatic N) is 1. The van der Waals surface area contributed by atoms with Crippen molar-refractivity contribution in [2.75, 3.05) is 0 Å². The second-order valence-electron chi connectivity index (χ2n) is 4.43. The number of rotatable bonds is 6. The maximum absolute atomic E-state index is 10.6. The molecule has 0 aliphatic heterocycles. The van der Waals surface area contributed by atoms with Gasteiger partial charge in [-0.15, -0.1) is 0 Å². The fourth-order valence-electron chi connectivity index (χ4n) is 1.76. The molecule has 0 spiro atoms. The Morgan fingerprint density at radius 2 is 1.62 bits per heavy atom. The van der Waals surface area contributed by atoms with E-state index in [9.17, 15) is 14.9 Å². The first-order valence-electron chi connectivity index (χ1n) is 6.21. The maximum atomic E-state index is 10.6. The number of non-ortho nitro benzene ring substituents is 1. The molecule has 0 aliphatic carbocycles. The van der Waals surface area contributed by atoms with Gasteiger partial charge < -0.3 is 9.84 Å². The van der Waals surface area contributed by atoms with E-state index in [0.29, 0.717) is 12.4 Å². The van der Waals surface area contributed by atoms with E-state index in [1.165, 1.54) is 24.3 Å². The highest BCUT2D eigenvalue weighted by Gasteiger charge is 2.05. The van der Waals surface area contributed by atoms with Gasteiger partial charge in [-0.1, -0.05) is 24.3 Å². The Kier molecular flexibility index (Phi) is 4.50. The van der Waals surface area contributed by atoms with E-state index in [-0.39, 0.29) is 12.1 Å². The van der Waals surface area contributed by atoms with Gasteiger partial charge in [0.15, 0.2) is 0 Å². The Bertz CT molecular complexity index is 634. The molecule has 0 saturated carbocycles. The van der Waals surface area contributed by atoms with Crippen molar-refractivity contribution in [2.24, 2.45) is 0 Å². The van der Waals surface area contributed by atoms with Crippen molar-refractivity contribution in [1.29, 1.82) is 0 Å². The summed E-state index contributed by atoms with van der Waals surface area (Å²) in [6, 6.07) is 12.9. The smallest absolute Gasteiger partial charge is 0.307 e. The Morgan fingerprint density at radius 3 is 2.14 bits per heavy atom. The number of aliphatic carboxylic acids is 1. The fourth-order valence-corrected chi connectivity index (χ4v) is 1.76. The quantitative estimate of drug-likeness (QED) is 0.651. The van der Waals surface area contributed by atoms with Crippen molar-refractivity contribution in [3.05, 3.63) is 69.8 Å². The molecule has 21 heavy (non-hydrogen) atoms. The van der Waals surface area contributed by atoms with Crippen LogP contribution in [0.5, 0.6) is 5.75 Å². The standard InChI is InChI=1S/C15H13NO5/c17-15(18)9-11-1-3-12(4-2-11)10-21-14-7-5-13(6-8-14)16(19)20/h1-8H,9-10H2,(H,17,18). The summed E-state index contributed by atoms with van der Waals surface area (Å²) in [5.41, 5.74) is 1.63.